The molecule has 0 radical (unpaired) electrons. The lowest BCUT2D eigenvalue weighted by atomic mass is 10.0. The average molecular weight is 386 g/mol. The third kappa shape index (κ3) is 3.70. The van der Waals surface area contributed by atoms with Crippen LogP contribution in [0.4, 0.5) is 0 Å². The third-order valence-electron chi connectivity index (χ3n) is 6.12. The highest BCUT2D eigenvalue weighted by atomic mass is 16.1. The molecule has 0 saturated carbocycles. The SMILES string of the molecule is O=C(N[C@H](CN1CCCC1)c1ccccc1)C1=Cc2c[nH]c3nccc(c23)CC1. The number of likely N-dealkylation sites (tertiary alicyclic amines) is 1. The van der Waals surface area contributed by atoms with E-state index in [4.69, 9.17) is 0 Å². The minimum absolute atomic E-state index is 0.00115. The monoisotopic (exact) mass is 386 g/mol. The lowest BCUT2D eigenvalue weighted by Gasteiger charge is -2.25. The Morgan fingerprint density at radius 1 is 1.14 bits per heavy atom. The number of nitrogens with zero attached hydrogens (tertiary/aromatic N) is 2. The van der Waals surface area contributed by atoms with Crippen molar-refractivity contribution in [2.45, 2.75) is 31.7 Å². The molecule has 0 unspecified atom stereocenters. The Kier molecular flexibility index (Phi) is 4.90. The number of pyridine rings is 1. The van der Waals surface area contributed by atoms with Crippen LogP contribution in [0.25, 0.3) is 17.1 Å². The Morgan fingerprint density at radius 3 is 2.79 bits per heavy atom. The Morgan fingerprint density at radius 2 is 1.97 bits per heavy atom. The van der Waals surface area contributed by atoms with Gasteiger partial charge in [0.25, 0.3) is 0 Å². The summed E-state index contributed by atoms with van der Waals surface area (Å²) in [5.74, 6) is 0.0353. The number of aromatic nitrogens is 2. The number of hydrogen-bond acceptors (Lipinski definition) is 3. The van der Waals surface area contributed by atoms with Crippen molar-refractivity contribution >= 4 is 23.0 Å². The summed E-state index contributed by atoms with van der Waals surface area (Å²) < 4.78 is 0. The maximum atomic E-state index is 13.3. The maximum Gasteiger partial charge on any atom is 0.247 e. The van der Waals surface area contributed by atoms with Crippen LogP contribution in [0, 0.1) is 0 Å². The van der Waals surface area contributed by atoms with Gasteiger partial charge in [-0.05, 0) is 62.0 Å². The van der Waals surface area contributed by atoms with Crippen molar-refractivity contribution in [3.05, 3.63) is 71.1 Å². The normalized spacial score (nSPS) is 17.7. The third-order valence-corrected chi connectivity index (χ3v) is 6.12. The molecule has 0 bridgehead atoms. The van der Waals surface area contributed by atoms with E-state index < -0.39 is 0 Å². The van der Waals surface area contributed by atoms with Crippen LogP contribution in [0.3, 0.4) is 0 Å². The van der Waals surface area contributed by atoms with Gasteiger partial charge in [-0.25, -0.2) is 4.98 Å². The zero-order chi connectivity index (χ0) is 19.6. The Balaban J connectivity index is 1.40. The van der Waals surface area contributed by atoms with E-state index in [0.717, 1.165) is 54.6 Å². The number of aromatic amines is 1. The van der Waals surface area contributed by atoms with E-state index in [1.165, 1.54) is 24.0 Å². The van der Waals surface area contributed by atoms with Crippen molar-refractivity contribution in [2.24, 2.45) is 0 Å². The van der Waals surface area contributed by atoms with Crippen LogP contribution >= 0.6 is 0 Å². The summed E-state index contributed by atoms with van der Waals surface area (Å²) in [5.41, 5.74) is 5.21. The number of aryl methyl sites for hydroxylation is 1. The molecule has 1 aliphatic heterocycles. The highest BCUT2D eigenvalue weighted by molar-refractivity contribution is 6.02. The minimum Gasteiger partial charge on any atom is -0.346 e. The molecule has 1 amide bonds. The molecule has 1 aromatic carbocycles. The second kappa shape index (κ2) is 7.84. The summed E-state index contributed by atoms with van der Waals surface area (Å²) >= 11 is 0. The number of amides is 1. The molecule has 2 aliphatic rings. The molecule has 2 N–H and O–H groups in total. The van der Waals surface area contributed by atoms with Gasteiger partial charge < -0.3 is 15.2 Å². The molecule has 148 valence electrons. The Hall–Kier alpha value is -2.92. The molecule has 29 heavy (non-hydrogen) atoms. The lowest BCUT2D eigenvalue weighted by molar-refractivity contribution is -0.118. The van der Waals surface area contributed by atoms with Gasteiger partial charge in [0, 0.05) is 35.5 Å². The average Bonchev–Trinajstić information content (AvgIpc) is 3.37. The largest absolute Gasteiger partial charge is 0.346 e. The highest BCUT2D eigenvalue weighted by Gasteiger charge is 2.23. The first-order valence-electron chi connectivity index (χ1n) is 10.5. The molecule has 5 nitrogen and oxygen atoms in total. The summed E-state index contributed by atoms with van der Waals surface area (Å²) in [6.45, 7) is 3.10. The molecule has 5 rings (SSSR count). The summed E-state index contributed by atoms with van der Waals surface area (Å²) in [7, 11) is 0. The van der Waals surface area contributed by atoms with E-state index in [0.29, 0.717) is 0 Å². The molecule has 1 fully saturated rings. The molecular formula is C24H26N4O. The van der Waals surface area contributed by atoms with E-state index in [1.54, 1.807) is 0 Å². The van der Waals surface area contributed by atoms with Gasteiger partial charge in [0.1, 0.15) is 5.65 Å². The number of carbonyl (C=O) groups is 1. The van der Waals surface area contributed by atoms with Crippen molar-refractivity contribution < 1.29 is 4.79 Å². The van der Waals surface area contributed by atoms with E-state index in [9.17, 15) is 4.79 Å². The van der Waals surface area contributed by atoms with E-state index in [-0.39, 0.29) is 11.9 Å². The molecule has 1 saturated heterocycles. The van der Waals surface area contributed by atoms with Gasteiger partial charge in [-0.2, -0.15) is 0 Å². The first-order valence-corrected chi connectivity index (χ1v) is 10.5. The Bertz CT molecular complexity index is 1050. The van der Waals surface area contributed by atoms with Crippen molar-refractivity contribution in [1.82, 2.24) is 20.2 Å². The van der Waals surface area contributed by atoms with Crippen molar-refractivity contribution in [3.63, 3.8) is 0 Å². The number of carbonyl (C=O) groups excluding carboxylic acids is 1. The maximum absolute atomic E-state index is 13.3. The summed E-state index contributed by atoms with van der Waals surface area (Å²) in [6, 6.07) is 12.4. The topological polar surface area (TPSA) is 61.0 Å². The number of H-pyrrole nitrogens is 1. The van der Waals surface area contributed by atoms with Gasteiger partial charge in [-0.1, -0.05) is 30.3 Å². The van der Waals surface area contributed by atoms with Crippen LogP contribution in [-0.2, 0) is 11.2 Å². The molecule has 3 aromatic rings. The molecule has 3 heterocycles. The van der Waals surface area contributed by atoms with Crippen LogP contribution in [0.2, 0.25) is 0 Å². The molecule has 0 spiro atoms. The van der Waals surface area contributed by atoms with Crippen LogP contribution in [-0.4, -0.2) is 40.4 Å². The van der Waals surface area contributed by atoms with Crippen molar-refractivity contribution in [2.75, 3.05) is 19.6 Å². The van der Waals surface area contributed by atoms with Gasteiger partial charge in [-0.15, -0.1) is 0 Å². The van der Waals surface area contributed by atoms with Gasteiger partial charge in [0.2, 0.25) is 5.91 Å². The molecule has 1 aliphatic carbocycles. The molecule has 5 heteroatoms. The van der Waals surface area contributed by atoms with Gasteiger partial charge in [0.15, 0.2) is 0 Å². The predicted octanol–water partition coefficient (Wildman–Crippen LogP) is 3.85. The van der Waals surface area contributed by atoms with Crippen LogP contribution in [0.15, 0.2) is 54.4 Å². The van der Waals surface area contributed by atoms with E-state index >= 15 is 0 Å². The second-order valence-electron chi connectivity index (χ2n) is 8.05. The number of hydrogen-bond donors (Lipinski definition) is 2. The fourth-order valence-corrected chi connectivity index (χ4v) is 4.58. The van der Waals surface area contributed by atoms with E-state index in [2.05, 4.69) is 38.4 Å². The van der Waals surface area contributed by atoms with Crippen molar-refractivity contribution in [1.29, 1.82) is 0 Å². The molecule has 2 aromatic heterocycles. The van der Waals surface area contributed by atoms with E-state index in [1.807, 2.05) is 36.7 Å². The Labute approximate surface area is 170 Å². The van der Waals surface area contributed by atoms with Gasteiger partial charge in [-0.3, -0.25) is 4.79 Å². The zero-order valence-corrected chi connectivity index (χ0v) is 16.5. The second-order valence-corrected chi connectivity index (χ2v) is 8.05. The number of rotatable bonds is 5. The predicted molar refractivity (Wildman–Crippen MR) is 115 cm³/mol. The van der Waals surface area contributed by atoms with Crippen LogP contribution in [0.5, 0.6) is 0 Å². The lowest BCUT2D eigenvalue weighted by Crippen LogP contribution is -2.37. The van der Waals surface area contributed by atoms with Gasteiger partial charge in [0.05, 0.1) is 6.04 Å². The van der Waals surface area contributed by atoms with Gasteiger partial charge >= 0.3 is 0 Å². The zero-order valence-electron chi connectivity index (χ0n) is 16.5. The van der Waals surface area contributed by atoms with Crippen LogP contribution in [0.1, 0.15) is 42.0 Å². The standard InChI is InChI=1S/C24H26N4O/c29-24(19-9-8-18-10-11-25-23-22(18)20(14-19)15-26-23)27-21(16-28-12-4-5-13-28)17-6-2-1-3-7-17/h1-3,6-7,10-11,14-15,21H,4-5,8-9,12-13,16H2,(H,25,26)(H,27,29)/t21-/m1/s1. The number of benzene rings is 1. The fourth-order valence-electron chi connectivity index (χ4n) is 4.58. The fraction of sp³-hybridized carbons (Fsp3) is 0.333. The van der Waals surface area contributed by atoms with Crippen LogP contribution < -0.4 is 5.32 Å². The quantitative estimate of drug-likeness (QED) is 0.700. The highest BCUT2D eigenvalue weighted by Crippen LogP contribution is 2.29. The molecular weight excluding hydrogens is 360 g/mol. The minimum atomic E-state index is 0.00115. The first kappa shape index (κ1) is 18.1. The first-order chi connectivity index (χ1) is 14.3. The smallest absolute Gasteiger partial charge is 0.247 e. The molecule has 1 atom stereocenters. The summed E-state index contributed by atoms with van der Waals surface area (Å²) in [4.78, 5) is 23.4. The summed E-state index contributed by atoms with van der Waals surface area (Å²) in [6.07, 6.45) is 9.91. The summed E-state index contributed by atoms with van der Waals surface area (Å²) in [5, 5.41) is 4.48. The number of nitrogens with one attached hydrogen (secondary N) is 2. The van der Waals surface area contributed by atoms with Crippen molar-refractivity contribution in [3.8, 4) is 0 Å².